The van der Waals surface area contributed by atoms with E-state index in [1.165, 1.54) is 42.5 Å². The van der Waals surface area contributed by atoms with E-state index in [1.54, 1.807) is 36.7 Å². The first-order valence-electron chi connectivity index (χ1n) is 11.2. The SMILES string of the molecule is O=C(/C=C/c1ccccc1F)c1ccc(S(=O)(=O)NCCCNc2cncc3cc(Cl)ccc23)cc1. The molecule has 1 aromatic heterocycles. The second-order valence-corrected chi connectivity index (χ2v) is 10.2. The molecule has 0 saturated carbocycles. The normalized spacial score (nSPS) is 11.7. The number of nitrogens with one attached hydrogen (secondary N) is 2. The molecule has 0 atom stereocenters. The Labute approximate surface area is 213 Å². The van der Waals surface area contributed by atoms with Crippen LogP contribution < -0.4 is 10.0 Å². The maximum atomic E-state index is 13.7. The highest BCUT2D eigenvalue weighted by atomic mass is 35.5. The van der Waals surface area contributed by atoms with Crippen LogP contribution in [0.5, 0.6) is 0 Å². The van der Waals surface area contributed by atoms with Gasteiger partial charge in [0.1, 0.15) is 5.82 Å². The van der Waals surface area contributed by atoms with Crippen molar-refractivity contribution in [3.63, 3.8) is 0 Å². The smallest absolute Gasteiger partial charge is 0.240 e. The Morgan fingerprint density at radius 3 is 2.56 bits per heavy atom. The van der Waals surface area contributed by atoms with E-state index in [4.69, 9.17) is 11.6 Å². The van der Waals surface area contributed by atoms with Crippen molar-refractivity contribution >= 4 is 49.9 Å². The van der Waals surface area contributed by atoms with Gasteiger partial charge in [-0.15, -0.1) is 0 Å². The van der Waals surface area contributed by atoms with Crippen molar-refractivity contribution in [3.8, 4) is 0 Å². The van der Waals surface area contributed by atoms with Crippen LogP contribution in [0.25, 0.3) is 16.8 Å². The number of ketones is 1. The lowest BCUT2D eigenvalue weighted by Crippen LogP contribution is -2.26. The summed E-state index contributed by atoms with van der Waals surface area (Å²) in [4.78, 5) is 16.6. The van der Waals surface area contributed by atoms with Crippen molar-refractivity contribution in [1.82, 2.24) is 9.71 Å². The number of benzene rings is 3. The number of sulfonamides is 1. The molecular weight excluding hydrogens is 501 g/mol. The van der Waals surface area contributed by atoms with Crippen LogP contribution in [0.4, 0.5) is 10.1 Å². The summed E-state index contributed by atoms with van der Waals surface area (Å²) in [5, 5.41) is 5.80. The molecule has 4 aromatic rings. The molecule has 0 aliphatic rings. The minimum absolute atomic E-state index is 0.0558. The molecule has 0 amide bonds. The summed E-state index contributed by atoms with van der Waals surface area (Å²) in [5.41, 5.74) is 1.44. The summed E-state index contributed by atoms with van der Waals surface area (Å²) in [6.45, 7) is 0.763. The first kappa shape index (κ1) is 25.5. The van der Waals surface area contributed by atoms with E-state index in [0.717, 1.165) is 16.5 Å². The molecule has 0 spiro atoms. The summed E-state index contributed by atoms with van der Waals surface area (Å²) in [5.74, 6) is -0.783. The number of pyridine rings is 1. The van der Waals surface area contributed by atoms with Gasteiger partial charge in [0.25, 0.3) is 0 Å². The highest BCUT2D eigenvalue weighted by Gasteiger charge is 2.14. The number of rotatable bonds is 10. The standard InChI is InChI=1S/C27H23ClFN3O3S/c28-22-9-12-24-21(16-22)17-30-18-26(24)31-14-3-15-32-36(34,35)23-10-6-20(7-11-23)27(33)13-8-19-4-1-2-5-25(19)29/h1-2,4-13,16-18,31-32H,3,14-15H2/b13-8+. The summed E-state index contributed by atoms with van der Waals surface area (Å²) >= 11 is 6.03. The monoisotopic (exact) mass is 523 g/mol. The van der Waals surface area contributed by atoms with Crippen LogP contribution in [0.3, 0.4) is 0 Å². The van der Waals surface area contributed by atoms with Crippen molar-refractivity contribution in [3.05, 3.63) is 107 Å². The molecule has 0 fully saturated rings. The molecule has 3 aromatic carbocycles. The number of anilines is 1. The summed E-state index contributed by atoms with van der Waals surface area (Å²) in [7, 11) is -3.73. The fourth-order valence-electron chi connectivity index (χ4n) is 3.56. The molecule has 6 nitrogen and oxygen atoms in total. The summed E-state index contributed by atoms with van der Waals surface area (Å²) in [6, 6.07) is 17.3. The lowest BCUT2D eigenvalue weighted by molar-refractivity contribution is 0.104. The van der Waals surface area contributed by atoms with Crippen LogP contribution in [0.2, 0.25) is 5.02 Å². The second-order valence-electron chi connectivity index (χ2n) is 7.97. The van der Waals surface area contributed by atoms with Gasteiger partial charge in [0, 0.05) is 46.2 Å². The van der Waals surface area contributed by atoms with Crippen molar-refractivity contribution in [1.29, 1.82) is 0 Å². The molecular formula is C27H23ClFN3O3S. The van der Waals surface area contributed by atoms with E-state index in [-0.39, 0.29) is 17.2 Å². The van der Waals surface area contributed by atoms with Gasteiger partial charge in [0.15, 0.2) is 5.78 Å². The van der Waals surface area contributed by atoms with Gasteiger partial charge in [-0.05, 0) is 61.0 Å². The Morgan fingerprint density at radius 2 is 1.78 bits per heavy atom. The van der Waals surface area contributed by atoms with Crippen molar-refractivity contribution in [2.75, 3.05) is 18.4 Å². The topological polar surface area (TPSA) is 88.2 Å². The number of nitrogens with zero attached hydrogens (tertiary/aromatic N) is 1. The largest absolute Gasteiger partial charge is 0.383 e. The maximum Gasteiger partial charge on any atom is 0.240 e. The van der Waals surface area contributed by atoms with Crippen molar-refractivity contribution in [2.24, 2.45) is 0 Å². The third kappa shape index (κ3) is 6.34. The van der Waals surface area contributed by atoms with Crippen LogP contribution >= 0.6 is 11.6 Å². The fraction of sp³-hybridized carbons (Fsp3) is 0.111. The Balaban J connectivity index is 1.29. The molecule has 4 rings (SSSR count). The van der Waals surface area contributed by atoms with E-state index in [2.05, 4.69) is 15.0 Å². The van der Waals surface area contributed by atoms with Gasteiger partial charge >= 0.3 is 0 Å². The van der Waals surface area contributed by atoms with E-state index in [0.29, 0.717) is 29.1 Å². The number of fused-ring (bicyclic) bond motifs is 1. The zero-order chi connectivity index (χ0) is 25.5. The third-order valence-corrected chi connectivity index (χ3v) is 7.16. The zero-order valence-corrected chi connectivity index (χ0v) is 20.7. The van der Waals surface area contributed by atoms with Gasteiger partial charge in [-0.25, -0.2) is 17.5 Å². The van der Waals surface area contributed by atoms with E-state index in [9.17, 15) is 17.6 Å². The summed E-state index contributed by atoms with van der Waals surface area (Å²) in [6.07, 6.45) is 6.64. The number of halogens is 2. The van der Waals surface area contributed by atoms with Crippen LogP contribution in [0.15, 0.2) is 90.1 Å². The first-order chi connectivity index (χ1) is 17.3. The minimum atomic E-state index is -3.73. The highest BCUT2D eigenvalue weighted by Crippen LogP contribution is 2.25. The Bertz CT molecular complexity index is 1520. The molecule has 0 bridgehead atoms. The average Bonchev–Trinajstić information content (AvgIpc) is 2.87. The Kier molecular flexibility index (Phi) is 8.10. The Hall–Kier alpha value is -3.59. The number of carbonyl (C=O) groups excluding carboxylic acids is 1. The molecule has 36 heavy (non-hydrogen) atoms. The third-order valence-electron chi connectivity index (χ3n) is 5.45. The minimum Gasteiger partial charge on any atom is -0.383 e. The number of hydrogen-bond donors (Lipinski definition) is 2. The van der Waals surface area contributed by atoms with Crippen LogP contribution in [-0.4, -0.2) is 32.3 Å². The lowest BCUT2D eigenvalue weighted by Gasteiger charge is -2.10. The van der Waals surface area contributed by atoms with Gasteiger partial charge in [-0.3, -0.25) is 9.78 Å². The molecule has 0 aliphatic heterocycles. The molecule has 1 heterocycles. The summed E-state index contributed by atoms with van der Waals surface area (Å²) < 4.78 is 41.5. The predicted molar refractivity (Wildman–Crippen MR) is 141 cm³/mol. The van der Waals surface area contributed by atoms with Crippen molar-refractivity contribution < 1.29 is 17.6 Å². The van der Waals surface area contributed by atoms with Crippen LogP contribution in [-0.2, 0) is 10.0 Å². The van der Waals surface area contributed by atoms with Gasteiger partial charge in [-0.1, -0.05) is 35.9 Å². The van der Waals surface area contributed by atoms with Crippen LogP contribution in [0, 0.1) is 5.82 Å². The van der Waals surface area contributed by atoms with E-state index >= 15 is 0 Å². The van der Waals surface area contributed by atoms with Gasteiger partial charge in [-0.2, -0.15) is 0 Å². The predicted octanol–water partition coefficient (Wildman–Crippen LogP) is 5.70. The van der Waals surface area contributed by atoms with E-state index < -0.39 is 15.8 Å². The number of aromatic nitrogens is 1. The number of hydrogen-bond acceptors (Lipinski definition) is 5. The quantitative estimate of drug-likeness (QED) is 0.158. The van der Waals surface area contributed by atoms with E-state index in [1.807, 2.05) is 12.1 Å². The Morgan fingerprint density at radius 1 is 1.00 bits per heavy atom. The second kappa shape index (κ2) is 11.4. The van der Waals surface area contributed by atoms with Gasteiger partial charge in [0.05, 0.1) is 16.8 Å². The van der Waals surface area contributed by atoms with Crippen LogP contribution in [0.1, 0.15) is 22.3 Å². The molecule has 0 aliphatic carbocycles. The maximum absolute atomic E-state index is 13.7. The zero-order valence-electron chi connectivity index (χ0n) is 19.1. The average molecular weight is 524 g/mol. The highest BCUT2D eigenvalue weighted by molar-refractivity contribution is 7.89. The number of carbonyl (C=O) groups is 1. The molecule has 184 valence electrons. The molecule has 0 radical (unpaired) electrons. The van der Waals surface area contributed by atoms with Crippen molar-refractivity contribution in [2.45, 2.75) is 11.3 Å². The van der Waals surface area contributed by atoms with Gasteiger partial charge < -0.3 is 5.32 Å². The van der Waals surface area contributed by atoms with Gasteiger partial charge in [0.2, 0.25) is 10.0 Å². The molecule has 2 N–H and O–H groups in total. The first-order valence-corrected chi connectivity index (χ1v) is 13.0. The molecule has 0 saturated heterocycles. The fourth-order valence-corrected chi connectivity index (χ4v) is 4.81. The molecule has 9 heteroatoms. The number of allylic oxidation sites excluding steroid dienone is 1. The molecule has 0 unspecified atom stereocenters. The lowest BCUT2D eigenvalue weighted by atomic mass is 10.1.